The highest BCUT2D eigenvalue weighted by Crippen LogP contribution is 2.37. The molecule has 1 atom stereocenters. The topological polar surface area (TPSA) is 117 Å². The number of nitrogens with zero attached hydrogens (tertiary/aromatic N) is 2. The number of primary amides is 1. The molecule has 1 heterocycles. The molecule has 4 rings (SSSR count). The Kier molecular flexibility index (Phi) is 9.33. The molecule has 1 aromatic heterocycles. The summed E-state index contributed by atoms with van der Waals surface area (Å²) in [5.74, 6) is 1.26. The molecule has 8 heteroatoms. The van der Waals surface area contributed by atoms with E-state index in [0.29, 0.717) is 23.7 Å². The second-order valence-corrected chi connectivity index (χ2v) is 9.58. The molecule has 36 heavy (non-hydrogen) atoms. The largest absolute Gasteiger partial charge is 0.497 e. The van der Waals surface area contributed by atoms with Gasteiger partial charge in [0.25, 0.3) is 0 Å². The lowest BCUT2D eigenvalue weighted by atomic mass is 9.89. The maximum Gasteiger partial charge on any atom is 0.326 e. The average Bonchev–Trinajstić information content (AvgIpc) is 3.26. The maximum atomic E-state index is 12.1. The molecular formula is C28H37N3O5. The molecule has 1 aliphatic rings. The molecule has 0 saturated heterocycles. The Balaban J connectivity index is 0.000000338. The fourth-order valence-electron chi connectivity index (χ4n) is 4.68. The number of rotatable bonds is 8. The van der Waals surface area contributed by atoms with Crippen LogP contribution in [0.3, 0.4) is 0 Å². The van der Waals surface area contributed by atoms with Crippen molar-refractivity contribution >= 4 is 22.9 Å². The number of imidazole rings is 1. The van der Waals surface area contributed by atoms with Gasteiger partial charge in [-0.1, -0.05) is 45.2 Å². The third-order valence-corrected chi connectivity index (χ3v) is 6.54. The van der Waals surface area contributed by atoms with Crippen molar-refractivity contribution in [1.82, 2.24) is 9.55 Å². The summed E-state index contributed by atoms with van der Waals surface area (Å²) >= 11 is 0. The van der Waals surface area contributed by atoms with Gasteiger partial charge in [-0.15, -0.1) is 0 Å². The minimum Gasteiger partial charge on any atom is -0.497 e. The number of aromatic nitrogens is 2. The molecular weight excluding hydrogens is 458 g/mol. The van der Waals surface area contributed by atoms with Crippen LogP contribution in [0.1, 0.15) is 58.4 Å². The second-order valence-electron chi connectivity index (χ2n) is 9.58. The van der Waals surface area contributed by atoms with Crippen molar-refractivity contribution in [2.24, 2.45) is 17.6 Å². The van der Waals surface area contributed by atoms with Gasteiger partial charge >= 0.3 is 5.97 Å². The summed E-state index contributed by atoms with van der Waals surface area (Å²) in [6.07, 6.45) is 6.21. The predicted octanol–water partition coefficient (Wildman–Crippen LogP) is 5.44. The smallest absolute Gasteiger partial charge is 0.326 e. The number of ether oxygens (including phenoxy) is 2. The van der Waals surface area contributed by atoms with Gasteiger partial charge in [0.1, 0.15) is 23.4 Å². The van der Waals surface area contributed by atoms with Crippen LogP contribution >= 0.6 is 0 Å². The number of carboxylic acid groups (broad SMARTS) is 1. The lowest BCUT2D eigenvalue weighted by Gasteiger charge is -2.20. The third-order valence-electron chi connectivity index (χ3n) is 6.54. The van der Waals surface area contributed by atoms with Crippen molar-refractivity contribution in [3.8, 4) is 22.9 Å². The van der Waals surface area contributed by atoms with E-state index in [1.165, 1.54) is 19.3 Å². The minimum atomic E-state index is -0.874. The molecule has 8 nitrogen and oxygen atoms in total. The first-order valence-corrected chi connectivity index (χ1v) is 12.5. The van der Waals surface area contributed by atoms with E-state index in [-0.39, 0.29) is 17.7 Å². The van der Waals surface area contributed by atoms with Crippen molar-refractivity contribution in [2.45, 2.75) is 58.4 Å². The molecule has 1 amide bonds. The Labute approximate surface area is 212 Å². The summed E-state index contributed by atoms with van der Waals surface area (Å²) in [6, 6.07) is 12.3. The highest BCUT2D eigenvalue weighted by Gasteiger charge is 2.28. The van der Waals surface area contributed by atoms with Crippen molar-refractivity contribution in [1.29, 1.82) is 0 Å². The fourth-order valence-corrected chi connectivity index (χ4v) is 4.68. The van der Waals surface area contributed by atoms with Crippen LogP contribution in [0.4, 0.5) is 0 Å². The van der Waals surface area contributed by atoms with Crippen molar-refractivity contribution < 1.29 is 24.2 Å². The summed E-state index contributed by atoms with van der Waals surface area (Å²) in [5.41, 5.74) is 7.40. The number of nitrogens with two attached hydrogens (primary N) is 1. The Morgan fingerprint density at radius 3 is 2.33 bits per heavy atom. The Morgan fingerprint density at radius 2 is 1.78 bits per heavy atom. The van der Waals surface area contributed by atoms with E-state index in [0.717, 1.165) is 29.4 Å². The number of carboxylic acids is 1. The van der Waals surface area contributed by atoms with Crippen molar-refractivity contribution in [2.75, 3.05) is 14.2 Å². The lowest BCUT2D eigenvalue weighted by molar-refractivity contribution is -0.141. The first-order chi connectivity index (χ1) is 17.3. The molecule has 3 aromatic rings. The van der Waals surface area contributed by atoms with E-state index >= 15 is 0 Å². The zero-order valence-electron chi connectivity index (χ0n) is 21.6. The molecule has 1 aliphatic carbocycles. The average molecular weight is 496 g/mol. The number of hydrogen-bond donors (Lipinski definition) is 2. The molecule has 2 aromatic carbocycles. The van der Waals surface area contributed by atoms with E-state index in [9.17, 15) is 14.7 Å². The zero-order chi connectivity index (χ0) is 26.2. The van der Waals surface area contributed by atoms with Crippen LogP contribution in [-0.2, 0) is 9.59 Å². The number of hydrogen-bond acceptors (Lipinski definition) is 5. The molecule has 1 unspecified atom stereocenters. The quantitative estimate of drug-likeness (QED) is 0.429. The maximum absolute atomic E-state index is 12.1. The monoisotopic (exact) mass is 495 g/mol. The number of carbonyl (C=O) groups excluding carboxylic acids is 1. The normalized spacial score (nSPS) is 14.7. The van der Waals surface area contributed by atoms with Crippen LogP contribution in [0.15, 0.2) is 42.5 Å². The Morgan fingerprint density at radius 1 is 1.08 bits per heavy atom. The molecule has 0 aliphatic heterocycles. The minimum absolute atomic E-state index is 0.102. The SMILES string of the molecule is COc1ccc(-c2nc3ccccc3n2C(CC(C)C)C(=O)O)c(OC)c1.NC(=O)C1CCCCC1. The van der Waals surface area contributed by atoms with Gasteiger partial charge in [0.05, 0.1) is 30.8 Å². The number of methoxy groups -OCH3 is 2. The van der Waals surface area contributed by atoms with Gasteiger partial charge in [0, 0.05) is 12.0 Å². The van der Waals surface area contributed by atoms with Gasteiger partial charge in [0.2, 0.25) is 5.91 Å². The van der Waals surface area contributed by atoms with E-state index in [4.69, 9.17) is 20.2 Å². The molecule has 1 saturated carbocycles. The number of aliphatic carboxylic acids is 1. The third kappa shape index (κ3) is 6.36. The van der Waals surface area contributed by atoms with Crippen molar-refractivity contribution in [3.05, 3.63) is 42.5 Å². The van der Waals surface area contributed by atoms with Gasteiger partial charge in [-0.25, -0.2) is 9.78 Å². The predicted molar refractivity (Wildman–Crippen MR) is 140 cm³/mol. The highest BCUT2D eigenvalue weighted by molar-refractivity contribution is 5.85. The first kappa shape index (κ1) is 27.0. The summed E-state index contributed by atoms with van der Waals surface area (Å²) < 4.78 is 12.6. The van der Waals surface area contributed by atoms with E-state index in [1.807, 2.05) is 54.8 Å². The molecule has 0 spiro atoms. The van der Waals surface area contributed by atoms with Gasteiger partial charge < -0.3 is 24.9 Å². The van der Waals surface area contributed by atoms with E-state index < -0.39 is 12.0 Å². The van der Waals surface area contributed by atoms with Gasteiger partial charge in [-0.05, 0) is 49.4 Å². The Hall–Kier alpha value is -3.55. The van der Waals surface area contributed by atoms with Gasteiger partial charge in [-0.3, -0.25) is 4.79 Å². The van der Waals surface area contributed by atoms with E-state index in [1.54, 1.807) is 20.3 Å². The molecule has 1 fully saturated rings. The standard InChI is InChI=1S/C21H24N2O4.C7H13NO/c1-13(2)11-18(21(24)25)23-17-8-6-5-7-16(17)22-20(23)15-10-9-14(26-3)12-19(15)27-4;8-7(9)6-4-2-1-3-5-6/h5-10,12-13,18H,11H2,1-4H3,(H,24,25);6H,1-5H2,(H2,8,9). The lowest BCUT2D eigenvalue weighted by Crippen LogP contribution is -2.24. The van der Waals surface area contributed by atoms with Crippen LogP contribution in [0, 0.1) is 11.8 Å². The number of amides is 1. The van der Waals surface area contributed by atoms with Crippen LogP contribution in [-0.4, -0.2) is 40.8 Å². The zero-order valence-corrected chi connectivity index (χ0v) is 21.6. The van der Waals surface area contributed by atoms with Gasteiger partial charge in [-0.2, -0.15) is 0 Å². The number of carbonyl (C=O) groups is 2. The molecule has 3 N–H and O–H groups in total. The summed E-state index contributed by atoms with van der Waals surface area (Å²) in [7, 11) is 3.17. The van der Waals surface area contributed by atoms with Crippen molar-refractivity contribution in [3.63, 3.8) is 0 Å². The number of fused-ring (bicyclic) bond motifs is 1. The van der Waals surface area contributed by atoms with Crippen LogP contribution in [0.5, 0.6) is 11.5 Å². The van der Waals surface area contributed by atoms with Crippen LogP contribution in [0.25, 0.3) is 22.4 Å². The van der Waals surface area contributed by atoms with Crippen LogP contribution < -0.4 is 15.2 Å². The Bertz CT molecular complexity index is 1180. The summed E-state index contributed by atoms with van der Waals surface area (Å²) in [5, 5.41) is 9.93. The number of benzene rings is 2. The molecule has 0 radical (unpaired) electrons. The second kappa shape index (κ2) is 12.4. The highest BCUT2D eigenvalue weighted by atomic mass is 16.5. The van der Waals surface area contributed by atoms with Crippen LogP contribution in [0.2, 0.25) is 0 Å². The molecule has 0 bridgehead atoms. The molecule has 194 valence electrons. The summed E-state index contributed by atoms with van der Waals surface area (Å²) in [4.78, 5) is 27.4. The van der Waals surface area contributed by atoms with Gasteiger partial charge in [0.15, 0.2) is 0 Å². The first-order valence-electron chi connectivity index (χ1n) is 12.5. The fraction of sp³-hybridized carbons (Fsp3) is 0.464. The number of para-hydroxylation sites is 2. The van der Waals surface area contributed by atoms with E-state index in [2.05, 4.69) is 0 Å². The summed E-state index contributed by atoms with van der Waals surface area (Å²) in [6.45, 7) is 4.03.